The van der Waals surface area contributed by atoms with Gasteiger partial charge in [-0.15, -0.1) is 0 Å². The molecule has 0 radical (unpaired) electrons. The minimum atomic E-state index is 0.141. The van der Waals surface area contributed by atoms with E-state index in [9.17, 15) is 0 Å². The van der Waals surface area contributed by atoms with Gasteiger partial charge < -0.3 is 9.47 Å². The molecule has 0 N–H and O–H groups in total. The first kappa shape index (κ1) is 7.56. The summed E-state index contributed by atoms with van der Waals surface area (Å²) in [4.78, 5) is 0. The van der Waals surface area contributed by atoms with Crippen molar-refractivity contribution >= 4 is 0 Å². The first-order valence-electron chi connectivity index (χ1n) is 4.52. The van der Waals surface area contributed by atoms with E-state index in [0.29, 0.717) is 5.92 Å². The second-order valence-electron chi connectivity index (χ2n) is 3.93. The van der Waals surface area contributed by atoms with Gasteiger partial charge in [-0.1, -0.05) is 13.8 Å². The number of ether oxygens (including phenoxy) is 2. The maximum atomic E-state index is 5.53. The molecule has 0 saturated carbocycles. The highest BCUT2D eigenvalue weighted by Crippen LogP contribution is 2.38. The van der Waals surface area contributed by atoms with Crippen LogP contribution in [0.2, 0.25) is 0 Å². The van der Waals surface area contributed by atoms with Crippen molar-refractivity contribution in [3.8, 4) is 0 Å². The molecule has 2 fully saturated rings. The van der Waals surface area contributed by atoms with Crippen LogP contribution in [0.5, 0.6) is 0 Å². The molecule has 0 aromatic rings. The van der Waals surface area contributed by atoms with Gasteiger partial charge in [-0.05, 0) is 18.3 Å². The summed E-state index contributed by atoms with van der Waals surface area (Å²) < 4.78 is 11.0. The van der Waals surface area contributed by atoms with Crippen molar-refractivity contribution in [2.75, 3.05) is 13.2 Å². The predicted octanol–water partition coefficient (Wildman–Crippen LogP) is 1.65. The highest BCUT2D eigenvalue weighted by atomic mass is 16.7. The molecule has 0 spiro atoms. The summed E-state index contributed by atoms with van der Waals surface area (Å²) in [7, 11) is 0. The Hall–Kier alpha value is -0.0800. The summed E-state index contributed by atoms with van der Waals surface area (Å²) in [5.41, 5.74) is 0. The molecule has 2 nitrogen and oxygen atoms in total. The highest BCUT2D eigenvalue weighted by molar-refractivity contribution is 4.84. The van der Waals surface area contributed by atoms with Crippen LogP contribution in [-0.2, 0) is 9.47 Å². The van der Waals surface area contributed by atoms with Gasteiger partial charge in [-0.25, -0.2) is 0 Å². The van der Waals surface area contributed by atoms with Crippen LogP contribution in [0.1, 0.15) is 20.3 Å². The smallest absolute Gasteiger partial charge is 0.160 e. The van der Waals surface area contributed by atoms with Crippen LogP contribution in [0.4, 0.5) is 0 Å². The average molecular weight is 156 g/mol. The third-order valence-corrected chi connectivity index (χ3v) is 2.94. The van der Waals surface area contributed by atoms with Crippen molar-refractivity contribution in [1.29, 1.82) is 0 Å². The van der Waals surface area contributed by atoms with Crippen molar-refractivity contribution in [1.82, 2.24) is 0 Å². The molecule has 11 heavy (non-hydrogen) atoms. The van der Waals surface area contributed by atoms with Crippen molar-refractivity contribution in [3.05, 3.63) is 0 Å². The summed E-state index contributed by atoms with van der Waals surface area (Å²) >= 11 is 0. The molecule has 0 aromatic carbocycles. The lowest BCUT2D eigenvalue weighted by Gasteiger charge is -2.17. The molecule has 0 amide bonds. The lowest BCUT2D eigenvalue weighted by Crippen LogP contribution is -2.19. The molecule has 0 bridgehead atoms. The third-order valence-electron chi connectivity index (χ3n) is 2.94. The fourth-order valence-electron chi connectivity index (χ4n) is 2.18. The topological polar surface area (TPSA) is 18.5 Å². The lowest BCUT2D eigenvalue weighted by atomic mass is 9.85. The molecular weight excluding hydrogens is 140 g/mol. The van der Waals surface area contributed by atoms with Crippen molar-refractivity contribution in [2.24, 2.45) is 17.8 Å². The van der Waals surface area contributed by atoms with Crippen LogP contribution in [0.15, 0.2) is 0 Å². The van der Waals surface area contributed by atoms with Crippen molar-refractivity contribution < 1.29 is 9.47 Å². The highest BCUT2D eigenvalue weighted by Gasteiger charge is 2.42. The minimum Gasteiger partial charge on any atom is -0.352 e. The van der Waals surface area contributed by atoms with Crippen LogP contribution >= 0.6 is 0 Å². The summed E-state index contributed by atoms with van der Waals surface area (Å²) in [5.74, 6) is 2.17. The van der Waals surface area contributed by atoms with Gasteiger partial charge in [0.05, 0.1) is 13.2 Å². The van der Waals surface area contributed by atoms with Gasteiger partial charge in [0.1, 0.15) is 0 Å². The monoisotopic (exact) mass is 156 g/mol. The minimum absolute atomic E-state index is 0.141. The molecule has 2 aliphatic rings. The van der Waals surface area contributed by atoms with Gasteiger partial charge >= 0.3 is 0 Å². The van der Waals surface area contributed by atoms with E-state index < -0.39 is 0 Å². The summed E-state index contributed by atoms with van der Waals surface area (Å²) in [6.45, 7) is 6.36. The Morgan fingerprint density at radius 3 is 2.82 bits per heavy atom. The first-order valence-corrected chi connectivity index (χ1v) is 4.52. The zero-order chi connectivity index (χ0) is 7.84. The van der Waals surface area contributed by atoms with Crippen LogP contribution in [-0.4, -0.2) is 19.5 Å². The van der Waals surface area contributed by atoms with E-state index in [1.807, 2.05) is 0 Å². The molecule has 2 aliphatic heterocycles. The molecule has 64 valence electrons. The molecular formula is C9H16O2. The van der Waals surface area contributed by atoms with Crippen molar-refractivity contribution in [3.63, 3.8) is 0 Å². The SMILES string of the molecule is CC(C)C1CO[C@H]2OCCC12. The lowest BCUT2D eigenvalue weighted by molar-refractivity contribution is -0.0906. The summed E-state index contributed by atoms with van der Waals surface area (Å²) in [6, 6.07) is 0. The Labute approximate surface area is 67.9 Å². The molecule has 2 rings (SSSR count). The maximum absolute atomic E-state index is 5.53. The number of fused-ring (bicyclic) bond motifs is 1. The Morgan fingerprint density at radius 2 is 2.09 bits per heavy atom. The third kappa shape index (κ3) is 1.18. The van der Waals surface area contributed by atoms with Crippen LogP contribution in [0.25, 0.3) is 0 Å². The van der Waals surface area contributed by atoms with Crippen LogP contribution in [0, 0.1) is 17.8 Å². The largest absolute Gasteiger partial charge is 0.352 e. The number of rotatable bonds is 1. The molecule has 2 heteroatoms. The Balaban J connectivity index is 2.03. The second-order valence-corrected chi connectivity index (χ2v) is 3.93. The van der Waals surface area contributed by atoms with Gasteiger partial charge in [0.25, 0.3) is 0 Å². The fraction of sp³-hybridized carbons (Fsp3) is 1.00. The van der Waals surface area contributed by atoms with Crippen molar-refractivity contribution in [2.45, 2.75) is 26.6 Å². The molecule has 0 aliphatic carbocycles. The van der Waals surface area contributed by atoms with Gasteiger partial charge in [-0.2, -0.15) is 0 Å². The number of hydrogen-bond donors (Lipinski definition) is 0. The van der Waals surface area contributed by atoms with E-state index in [-0.39, 0.29) is 6.29 Å². The molecule has 2 heterocycles. The van der Waals surface area contributed by atoms with Gasteiger partial charge in [0.2, 0.25) is 0 Å². The quantitative estimate of drug-likeness (QED) is 0.574. The Morgan fingerprint density at radius 1 is 1.27 bits per heavy atom. The van der Waals surface area contributed by atoms with Crippen LogP contribution < -0.4 is 0 Å². The Kier molecular flexibility index (Phi) is 1.90. The Bertz CT molecular complexity index is 144. The standard InChI is InChI=1S/C9H16O2/c1-6(2)8-5-11-9-7(8)3-4-10-9/h6-9H,3-5H2,1-2H3/t7?,8?,9-/m1/s1. The average Bonchev–Trinajstić information content (AvgIpc) is 2.41. The number of hydrogen-bond acceptors (Lipinski definition) is 2. The van der Waals surface area contributed by atoms with E-state index >= 15 is 0 Å². The van der Waals surface area contributed by atoms with Gasteiger partial charge in [0.15, 0.2) is 6.29 Å². The maximum Gasteiger partial charge on any atom is 0.160 e. The normalized spacial score (nSPS) is 43.4. The fourth-order valence-corrected chi connectivity index (χ4v) is 2.18. The van der Waals surface area contributed by atoms with E-state index in [2.05, 4.69) is 13.8 Å². The van der Waals surface area contributed by atoms with Gasteiger partial charge in [-0.3, -0.25) is 0 Å². The second kappa shape index (κ2) is 2.76. The zero-order valence-electron chi connectivity index (χ0n) is 7.25. The van der Waals surface area contributed by atoms with Gasteiger partial charge in [0, 0.05) is 5.92 Å². The zero-order valence-corrected chi connectivity index (χ0v) is 7.25. The summed E-state index contributed by atoms with van der Waals surface area (Å²) in [6.07, 6.45) is 1.34. The van der Waals surface area contributed by atoms with E-state index in [0.717, 1.165) is 25.0 Å². The molecule has 3 atom stereocenters. The summed E-state index contributed by atoms with van der Waals surface area (Å²) in [5, 5.41) is 0. The molecule has 2 unspecified atom stereocenters. The molecule has 0 aromatic heterocycles. The molecule has 2 saturated heterocycles. The van der Waals surface area contributed by atoms with Crippen LogP contribution in [0.3, 0.4) is 0 Å². The predicted molar refractivity (Wildman–Crippen MR) is 42.1 cm³/mol. The van der Waals surface area contributed by atoms with E-state index in [4.69, 9.17) is 9.47 Å². The first-order chi connectivity index (χ1) is 5.29. The van der Waals surface area contributed by atoms with E-state index in [1.165, 1.54) is 6.42 Å². The van der Waals surface area contributed by atoms with E-state index in [1.54, 1.807) is 0 Å².